The molecule has 11 heteroatoms. The lowest BCUT2D eigenvalue weighted by atomic mass is 10.2. The quantitative estimate of drug-likeness (QED) is 0.574. The first-order valence-corrected chi connectivity index (χ1v) is 12.5. The van der Waals surface area contributed by atoms with Crippen molar-refractivity contribution < 1.29 is 17.7 Å². The van der Waals surface area contributed by atoms with Gasteiger partial charge in [0.1, 0.15) is 15.4 Å². The number of amides is 1. The van der Waals surface area contributed by atoms with Crippen molar-refractivity contribution in [3.05, 3.63) is 28.1 Å². The molecule has 1 aliphatic rings. The molecule has 0 aliphatic carbocycles. The fourth-order valence-electron chi connectivity index (χ4n) is 3.95. The molecular weight excluding hydrogens is 438 g/mol. The van der Waals surface area contributed by atoms with Crippen LogP contribution < -0.4 is 0 Å². The predicted octanol–water partition coefficient (Wildman–Crippen LogP) is 2.81. The number of aryl methyl sites for hydroxylation is 3. The molecule has 9 nitrogen and oxygen atoms in total. The van der Waals surface area contributed by atoms with Crippen molar-refractivity contribution >= 4 is 37.5 Å². The average molecular weight is 466 g/mol. The first kappa shape index (κ1) is 22.0. The van der Waals surface area contributed by atoms with E-state index in [4.69, 9.17) is 4.52 Å². The Hall–Kier alpha value is -2.24. The molecule has 1 fully saturated rings. The Morgan fingerprint density at radius 1 is 1.16 bits per heavy atom. The van der Waals surface area contributed by atoms with Crippen LogP contribution >= 0.6 is 11.3 Å². The summed E-state index contributed by atoms with van der Waals surface area (Å²) in [7, 11) is -3.70. The van der Waals surface area contributed by atoms with Gasteiger partial charge in [0, 0.05) is 38.1 Å². The summed E-state index contributed by atoms with van der Waals surface area (Å²) < 4.78 is 34.4. The molecule has 1 aliphatic heterocycles. The minimum absolute atomic E-state index is 0.0638. The largest absolute Gasteiger partial charge is 0.360 e. The molecule has 1 saturated heterocycles. The smallest absolute Gasteiger partial charge is 0.264 e. The lowest BCUT2D eigenvalue weighted by molar-refractivity contribution is 0.0702. The van der Waals surface area contributed by atoms with Gasteiger partial charge >= 0.3 is 0 Å². The Labute approximate surface area is 185 Å². The maximum absolute atomic E-state index is 13.1. The summed E-state index contributed by atoms with van der Waals surface area (Å²) in [5.41, 5.74) is 1.27. The number of piperazine rings is 1. The van der Waals surface area contributed by atoms with Gasteiger partial charge in [0.05, 0.1) is 10.6 Å². The summed E-state index contributed by atoms with van der Waals surface area (Å²) >= 11 is 1.45. The average Bonchev–Trinajstić information content (AvgIpc) is 3.37. The number of nitrogens with zero attached hydrogens (tertiary/aromatic N) is 5. The van der Waals surface area contributed by atoms with Gasteiger partial charge in [-0.05, 0) is 32.8 Å². The molecule has 168 valence electrons. The molecule has 0 unspecified atom stereocenters. The molecule has 0 bridgehead atoms. The van der Waals surface area contributed by atoms with Gasteiger partial charge in [-0.25, -0.2) is 8.42 Å². The summed E-state index contributed by atoms with van der Waals surface area (Å²) in [5.74, 6) is 0.676. The van der Waals surface area contributed by atoms with Crippen LogP contribution in [0.2, 0.25) is 0 Å². The minimum atomic E-state index is -3.70. The van der Waals surface area contributed by atoms with Gasteiger partial charge in [0.2, 0.25) is 10.0 Å². The van der Waals surface area contributed by atoms with E-state index in [0.717, 1.165) is 22.5 Å². The number of carbonyl (C=O) groups excluding carboxylic acids is 1. The maximum Gasteiger partial charge on any atom is 0.264 e. The molecule has 0 saturated carbocycles. The highest BCUT2D eigenvalue weighted by atomic mass is 32.2. The first-order chi connectivity index (χ1) is 14.6. The normalized spacial score (nSPS) is 16.0. The van der Waals surface area contributed by atoms with E-state index in [1.165, 1.54) is 15.6 Å². The zero-order chi connectivity index (χ0) is 22.5. The van der Waals surface area contributed by atoms with Crippen LogP contribution in [0.3, 0.4) is 0 Å². The van der Waals surface area contributed by atoms with E-state index < -0.39 is 10.0 Å². The molecule has 0 radical (unpaired) electrons. The molecule has 4 rings (SSSR count). The van der Waals surface area contributed by atoms with Crippen LogP contribution in [0.15, 0.2) is 15.5 Å². The van der Waals surface area contributed by atoms with E-state index in [0.29, 0.717) is 29.6 Å². The Bertz CT molecular complexity index is 1210. The molecule has 0 N–H and O–H groups in total. The number of fused-ring (bicyclic) bond motifs is 1. The summed E-state index contributed by atoms with van der Waals surface area (Å²) in [6.45, 7) is 11.4. The van der Waals surface area contributed by atoms with Crippen molar-refractivity contribution in [3.63, 3.8) is 0 Å². The third-order valence-corrected chi connectivity index (χ3v) is 8.73. The number of thiophene rings is 1. The predicted molar refractivity (Wildman–Crippen MR) is 118 cm³/mol. The Kier molecular flexibility index (Phi) is 5.69. The standard InChI is InChI=1S/C20H27N5O4S2/c1-12(2)11-25-20-16(13(3)21-25)10-17(30-20)19(26)23-6-8-24(9-7-23)31(27,28)18-14(4)22-29-15(18)5/h10,12H,6-9,11H2,1-5H3. The number of hydrogen-bond donors (Lipinski definition) is 0. The van der Waals surface area contributed by atoms with Crippen LogP contribution in [0.25, 0.3) is 10.2 Å². The van der Waals surface area contributed by atoms with Crippen molar-refractivity contribution in [2.45, 2.75) is 46.1 Å². The van der Waals surface area contributed by atoms with Gasteiger partial charge < -0.3 is 9.42 Å². The number of hydrogen-bond acceptors (Lipinski definition) is 7. The minimum Gasteiger partial charge on any atom is -0.360 e. The zero-order valence-corrected chi connectivity index (χ0v) is 20.0. The highest BCUT2D eigenvalue weighted by Crippen LogP contribution is 2.30. The third-order valence-electron chi connectivity index (χ3n) is 5.45. The second kappa shape index (κ2) is 8.03. The molecule has 0 spiro atoms. The fraction of sp³-hybridized carbons (Fsp3) is 0.550. The SMILES string of the molecule is Cc1noc(C)c1S(=O)(=O)N1CCN(C(=O)c2cc3c(C)nn(CC(C)C)c3s2)CC1. The van der Waals surface area contributed by atoms with Crippen LogP contribution in [0.4, 0.5) is 0 Å². The molecule has 0 atom stereocenters. The summed E-state index contributed by atoms with van der Waals surface area (Å²) in [6.07, 6.45) is 0. The van der Waals surface area contributed by atoms with Crippen molar-refractivity contribution in [1.29, 1.82) is 0 Å². The molecule has 1 amide bonds. The van der Waals surface area contributed by atoms with Crippen molar-refractivity contribution in [1.82, 2.24) is 24.1 Å². The molecule has 31 heavy (non-hydrogen) atoms. The molecule has 4 heterocycles. The second-order valence-corrected chi connectivity index (χ2v) is 11.2. The topological polar surface area (TPSA) is 102 Å². The summed E-state index contributed by atoms with van der Waals surface area (Å²) in [4.78, 5) is 16.6. The van der Waals surface area contributed by atoms with E-state index >= 15 is 0 Å². The Balaban J connectivity index is 1.50. The third kappa shape index (κ3) is 3.90. The van der Waals surface area contributed by atoms with E-state index in [1.54, 1.807) is 18.7 Å². The van der Waals surface area contributed by atoms with Crippen LogP contribution in [-0.2, 0) is 16.6 Å². The van der Waals surface area contributed by atoms with Gasteiger partial charge in [-0.1, -0.05) is 19.0 Å². The van der Waals surface area contributed by atoms with Gasteiger partial charge in [-0.2, -0.15) is 9.40 Å². The molecule has 3 aromatic rings. The molecular formula is C20H27N5O4S2. The summed E-state index contributed by atoms with van der Waals surface area (Å²) in [5, 5.41) is 9.36. The highest BCUT2D eigenvalue weighted by Gasteiger charge is 2.34. The lowest BCUT2D eigenvalue weighted by Crippen LogP contribution is -2.50. The highest BCUT2D eigenvalue weighted by molar-refractivity contribution is 7.89. The van der Waals surface area contributed by atoms with Crippen LogP contribution in [-0.4, -0.2) is 64.6 Å². The van der Waals surface area contributed by atoms with E-state index in [9.17, 15) is 13.2 Å². The summed E-state index contributed by atoms with van der Waals surface area (Å²) in [6, 6.07) is 1.91. The van der Waals surface area contributed by atoms with Gasteiger partial charge in [-0.15, -0.1) is 11.3 Å². The van der Waals surface area contributed by atoms with Gasteiger partial charge in [0.15, 0.2) is 5.76 Å². The maximum atomic E-state index is 13.1. The van der Waals surface area contributed by atoms with Gasteiger partial charge in [0.25, 0.3) is 5.91 Å². The number of aromatic nitrogens is 3. The van der Waals surface area contributed by atoms with Crippen LogP contribution in [0.1, 0.15) is 40.7 Å². The Morgan fingerprint density at radius 3 is 2.42 bits per heavy atom. The first-order valence-electron chi connectivity index (χ1n) is 10.3. The van der Waals surface area contributed by atoms with Crippen molar-refractivity contribution in [2.24, 2.45) is 5.92 Å². The van der Waals surface area contributed by atoms with E-state index in [-0.39, 0.29) is 29.7 Å². The van der Waals surface area contributed by atoms with E-state index in [1.807, 2.05) is 17.7 Å². The van der Waals surface area contributed by atoms with Crippen molar-refractivity contribution in [3.8, 4) is 0 Å². The fourth-order valence-corrected chi connectivity index (χ4v) is 6.80. The number of carbonyl (C=O) groups is 1. The zero-order valence-electron chi connectivity index (χ0n) is 18.4. The second-order valence-electron chi connectivity index (χ2n) is 8.34. The van der Waals surface area contributed by atoms with Crippen LogP contribution in [0.5, 0.6) is 0 Å². The number of sulfonamides is 1. The van der Waals surface area contributed by atoms with Gasteiger partial charge in [-0.3, -0.25) is 9.48 Å². The van der Waals surface area contributed by atoms with Crippen LogP contribution in [0, 0.1) is 26.7 Å². The number of rotatable bonds is 5. The van der Waals surface area contributed by atoms with Crippen molar-refractivity contribution in [2.75, 3.05) is 26.2 Å². The molecule has 3 aromatic heterocycles. The monoisotopic (exact) mass is 465 g/mol. The molecule has 0 aromatic carbocycles. The van der Waals surface area contributed by atoms with E-state index in [2.05, 4.69) is 24.1 Å². The lowest BCUT2D eigenvalue weighted by Gasteiger charge is -2.33. The Morgan fingerprint density at radius 2 is 1.84 bits per heavy atom.